The van der Waals surface area contributed by atoms with Crippen molar-refractivity contribution >= 4 is 45.7 Å². The fraction of sp³-hybridized carbons (Fsp3) is 0.188. The summed E-state index contributed by atoms with van der Waals surface area (Å²) in [7, 11) is 0. The van der Waals surface area contributed by atoms with E-state index in [0.717, 1.165) is 22.0 Å². The highest BCUT2D eigenvalue weighted by molar-refractivity contribution is 6.41. The van der Waals surface area contributed by atoms with Gasteiger partial charge in [-0.1, -0.05) is 46.9 Å². The number of pyridine rings is 1. The van der Waals surface area contributed by atoms with Crippen molar-refractivity contribution in [3.63, 3.8) is 0 Å². The molecule has 1 aromatic carbocycles. The highest BCUT2D eigenvalue weighted by Crippen LogP contribution is 2.25. The highest BCUT2D eigenvalue weighted by atomic mass is 35.5. The molecule has 4 nitrogen and oxygen atoms in total. The molecule has 118 valence electrons. The predicted octanol–water partition coefficient (Wildman–Crippen LogP) is 4.42. The van der Waals surface area contributed by atoms with Gasteiger partial charge in [-0.25, -0.2) is 9.67 Å². The Kier molecular flexibility index (Phi) is 4.32. The first-order chi connectivity index (χ1) is 10.9. The van der Waals surface area contributed by atoms with Crippen LogP contribution in [0.2, 0.25) is 15.2 Å². The van der Waals surface area contributed by atoms with E-state index in [1.165, 1.54) is 10.9 Å². The molecule has 3 aromatic rings. The molecule has 0 amide bonds. The van der Waals surface area contributed by atoms with Crippen LogP contribution in [0.4, 0.5) is 0 Å². The average Bonchev–Trinajstić information content (AvgIpc) is 2.53. The summed E-state index contributed by atoms with van der Waals surface area (Å²) in [6.07, 6.45) is 1.33. The summed E-state index contributed by atoms with van der Waals surface area (Å²) in [5, 5.41) is 5.36. The fourth-order valence-electron chi connectivity index (χ4n) is 2.33. The molecule has 0 saturated carbocycles. The normalized spacial score (nSPS) is 11.2. The molecule has 0 aliphatic carbocycles. The zero-order valence-corrected chi connectivity index (χ0v) is 14.7. The summed E-state index contributed by atoms with van der Waals surface area (Å²) in [5.74, 6) is 0. The van der Waals surface area contributed by atoms with Crippen LogP contribution < -0.4 is 5.56 Å². The van der Waals surface area contributed by atoms with Gasteiger partial charge in [-0.3, -0.25) is 4.79 Å². The first-order valence-electron chi connectivity index (χ1n) is 6.85. The van der Waals surface area contributed by atoms with Gasteiger partial charge in [-0.2, -0.15) is 5.10 Å². The Labute approximate surface area is 147 Å². The van der Waals surface area contributed by atoms with Gasteiger partial charge in [0.1, 0.15) is 10.2 Å². The first kappa shape index (κ1) is 16.2. The van der Waals surface area contributed by atoms with Crippen LogP contribution in [0, 0.1) is 13.8 Å². The van der Waals surface area contributed by atoms with Crippen molar-refractivity contribution in [3.8, 4) is 0 Å². The van der Waals surface area contributed by atoms with Gasteiger partial charge in [0.15, 0.2) is 0 Å². The number of fused-ring (bicyclic) bond motifs is 1. The number of hydrogen-bond acceptors (Lipinski definition) is 3. The predicted molar refractivity (Wildman–Crippen MR) is 93.8 cm³/mol. The third kappa shape index (κ3) is 2.94. The Morgan fingerprint density at radius 2 is 1.91 bits per heavy atom. The summed E-state index contributed by atoms with van der Waals surface area (Å²) < 4.78 is 1.21. The zero-order chi connectivity index (χ0) is 16.7. The molecular weight excluding hydrogens is 357 g/mol. The second kappa shape index (κ2) is 6.11. The Morgan fingerprint density at radius 3 is 2.65 bits per heavy atom. The molecule has 3 rings (SSSR count). The van der Waals surface area contributed by atoms with Crippen LogP contribution in [0.1, 0.15) is 16.7 Å². The molecule has 0 N–H and O–H groups in total. The number of rotatable bonds is 2. The van der Waals surface area contributed by atoms with E-state index in [9.17, 15) is 4.79 Å². The summed E-state index contributed by atoms with van der Waals surface area (Å²) >= 11 is 17.9. The van der Waals surface area contributed by atoms with Gasteiger partial charge in [0.05, 0.1) is 23.3 Å². The van der Waals surface area contributed by atoms with E-state index in [2.05, 4.69) is 10.1 Å². The van der Waals surface area contributed by atoms with Crippen LogP contribution in [0.5, 0.6) is 0 Å². The molecule has 0 radical (unpaired) electrons. The summed E-state index contributed by atoms with van der Waals surface area (Å²) in [4.78, 5) is 16.6. The second-order valence-corrected chi connectivity index (χ2v) is 6.43. The second-order valence-electron chi connectivity index (χ2n) is 5.29. The van der Waals surface area contributed by atoms with Crippen molar-refractivity contribution in [2.45, 2.75) is 20.4 Å². The largest absolute Gasteiger partial charge is 0.287 e. The molecule has 0 atom stereocenters. The molecule has 0 bridgehead atoms. The minimum absolute atomic E-state index is 0.0574. The van der Waals surface area contributed by atoms with Crippen molar-refractivity contribution in [2.24, 2.45) is 0 Å². The monoisotopic (exact) mass is 367 g/mol. The SMILES string of the molecule is Cc1ccc2cc(Cn3ncc(Cl)c(Cl)c3=O)c(Cl)nc2c1C. The van der Waals surface area contributed by atoms with E-state index < -0.39 is 5.56 Å². The lowest BCUT2D eigenvalue weighted by Gasteiger charge is -2.10. The van der Waals surface area contributed by atoms with Gasteiger partial charge < -0.3 is 0 Å². The molecule has 0 aliphatic heterocycles. The van der Waals surface area contributed by atoms with Crippen LogP contribution in [0.3, 0.4) is 0 Å². The third-order valence-corrected chi connectivity index (χ3v) is 4.88. The molecule has 0 fully saturated rings. The molecule has 0 aliphatic rings. The zero-order valence-electron chi connectivity index (χ0n) is 12.4. The Balaban J connectivity index is 2.11. The van der Waals surface area contributed by atoms with E-state index >= 15 is 0 Å². The number of hydrogen-bond donors (Lipinski definition) is 0. The van der Waals surface area contributed by atoms with Crippen LogP contribution in [-0.2, 0) is 6.54 Å². The van der Waals surface area contributed by atoms with Crippen molar-refractivity contribution in [2.75, 3.05) is 0 Å². The van der Waals surface area contributed by atoms with E-state index in [4.69, 9.17) is 34.8 Å². The van der Waals surface area contributed by atoms with Crippen molar-refractivity contribution in [3.05, 3.63) is 66.6 Å². The maximum atomic E-state index is 12.1. The molecule has 2 aromatic heterocycles. The summed E-state index contributed by atoms with van der Waals surface area (Å²) in [6, 6.07) is 5.92. The number of halogens is 3. The van der Waals surface area contributed by atoms with E-state index in [1.807, 2.05) is 32.0 Å². The molecule has 0 unspecified atom stereocenters. The quantitative estimate of drug-likeness (QED) is 0.629. The van der Waals surface area contributed by atoms with Gasteiger partial charge in [0, 0.05) is 10.9 Å². The van der Waals surface area contributed by atoms with Gasteiger partial charge in [-0.15, -0.1) is 0 Å². The number of aryl methyl sites for hydroxylation is 2. The van der Waals surface area contributed by atoms with Crippen LogP contribution >= 0.6 is 34.8 Å². The van der Waals surface area contributed by atoms with Gasteiger partial charge in [0.25, 0.3) is 5.56 Å². The highest BCUT2D eigenvalue weighted by Gasteiger charge is 2.12. The number of nitrogens with zero attached hydrogens (tertiary/aromatic N) is 3. The Morgan fingerprint density at radius 1 is 1.17 bits per heavy atom. The van der Waals surface area contributed by atoms with E-state index in [1.54, 1.807) is 0 Å². The Bertz CT molecular complexity index is 982. The average molecular weight is 369 g/mol. The van der Waals surface area contributed by atoms with Crippen molar-refractivity contribution < 1.29 is 0 Å². The smallest absolute Gasteiger partial charge is 0.266 e. The van der Waals surface area contributed by atoms with Crippen molar-refractivity contribution in [1.29, 1.82) is 0 Å². The molecule has 23 heavy (non-hydrogen) atoms. The maximum Gasteiger partial charge on any atom is 0.287 e. The van der Waals surface area contributed by atoms with E-state index in [-0.39, 0.29) is 16.6 Å². The molecule has 2 heterocycles. The Hall–Kier alpha value is -1.62. The molecular formula is C16H12Cl3N3O. The number of benzene rings is 1. The van der Waals surface area contributed by atoms with E-state index in [0.29, 0.717) is 10.7 Å². The standard InChI is InChI=1S/C16H12Cl3N3O/c1-8-3-4-10-5-11(15(19)21-14(10)9(8)2)7-22-16(23)13(18)12(17)6-20-22/h3-6H,7H2,1-2H3. The molecule has 0 saturated heterocycles. The topological polar surface area (TPSA) is 47.8 Å². The summed E-state index contributed by atoms with van der Waals surface area (Å²) in [5.41, 5.74) is 3.32. The van der Waals surface area contributed by atoms with Crippen molar-refractivity contribution in [1.82, 2.24) is 14.8 Å². The molecule has 7 heteroatoms. The van der Waals surface area contributed by atoms with Crippen LogP contribution in [0.25, 0.3) is 10.9 Å². The minimum Gasteiger partial charge on any atom is -0.266 e. The molecule has 0 spiro atoms. The lowest BCUT2D eigenvalue weighted by atomic mass is 10.0. The minimum atomic E-state index is -0.463. The third-order valence-electron chi connectivity index (χ3n) is 3.80. The number of aromatic nitrogens is 3. The van der Waals surface area contributed by atoms with Gasteiger partial charge in [-0.05, 0) is 31.0 Å². The maximum absolute atomic E-state index is 12.1. The fourth-order valence-corrected chi connectivity index (χ4v) is 2.80. The van der Waals surface area contributed by atoms with Gasteiger partial charge in [0.2, 0.25) is 0 Å². The lowest BCUT2D eigenvalue weighted by Crippen LogP contribution is -2.24. The summed E-state index contributed by atoms with van der Waals surface area (Å²) in [6.45, 7) is 4.20. The lowest BCUT2D eigenvalue weighted by molar-refractivity contribution is 0.638. The first-order valence-corrected chi connectivity index (χ1v) is 7.98. The van der Waals surface area contributed by atoms with Crippen LogP contribution in [0.15, 0.2) is 29.2 Å². The van der Waals surface area contributed by atoms with Crippen LogP contribution in [-0.4, -0.2) is 14.8 Å². The van der Waals surface area contributed by atoms with Gasteiger partial charge >= 0.3 is 0 Å².